The number of rotatable bonds is 3. The van der Waals surface area contributed by atoms with Gasteiger partial charge in [0.15, 0.2) is 5.78 Å². The van der Waals surface area contributed by atoms with Gasteiger partial charge in [-0.1, -0.05) is 12.8 Å². The summed E-state index contributed by atoms with van der Waals surface area (Å²) in [5.41, 5.74) is 5.99. The summed E-state index contributed by atoms with van der Waals surface area (Å²) in [5, 5.41) is 0. The van der Waals surface area contributed by atoms with Gasteiger partial charge in [0.05, 0.1) is 5.56 Å². The van der Waals surface area contributed by atoms with E-state index < -0.39 is 0 Å². The number of carbonyl (C=O) groups excluding carboxylic acids is 1. The molecule has 80 valence electrons. The highest BCUT2D eigenvalue weighted by Gasteiger charge is 2.40. The van der Waals surface area contributed by atoms with Gasteiger partial charge >= 0.3 is 0 Å². The van der Waals surface area contributed by atoms with Crippen molar-refractivity contribution < 1.29 is 4.79 Å². The molecule has 0 saturated heterocycles. The van der Waals surface area contributed by atoms with E-state index in [9.17, 15) is 4.79 Å². The number of carbonyl (C=O) groups is 1. The molecular weight excluding hydrogens is 190 g/mol. The fraction of sp³-hybridized carbons (Fsp3) is 0.545. The maximum absolute atomic E-state index is 12.2. The second-order valence-electron chi connectivity index (χ2n) is 4.15. The van der Waals surface area contributed by atoms with Crippen LogP contribution in [-0.2, 0) is 0 Å². The van der Waals surface area contributed by atoms with Crippen LogP contribution in [-0.4, -0.2) is 22.3 Å². The van der Waals surface area contributed by atoms with E-state index in [1.807, 2.05) is 0 Å². The molecule has 1 heterocycles. The smallest absolute Gasteiger partial charge is 0.173 e. The lowest BCUT2D eigenvalue weighted by atomic mass is 9.79. The van der Waals surface area contributed by atoms with E-state index in [0.29, 0.717) is 12.1 Å². The normalized spacial score (nSPS) is 19.0. The highest BCUT2D eigenvalue weighted by molar-refractivity contribution is 6.00. The van der Waals surface area contributed by atoms with Crippen LogP contribution in [0.5, 0.6) is 0 Å². The summed E-state index contributed by atoms with van der Waals surface area (Å²) in [7, 11) is 0. The molecule has 0 spiro atoms. The van der Waals surface area contributed by atoms with Crippen molar-refractivity contribution in [2.24, 2.45) is 11.1 Å². The van der Waals surface area contributed by atoms with Crippen molar-refractivity contribution in [2.75, 3.05) is 6.54 Å². The number of hydrogen-bond acceptors (Lipinski definition) is 4. The fourth-order valence-electron chi connectivity index (χ4n) is 2.30. The Hall–Kier alpha value is -1.29. The van der Waals surface area contributed by atoms with Crippen LogP contribution in [0.15, 0.2) is 18.7 Å². The Morgan fingerprint density at radius 1 is 1.33 bits per heavy atom. The molecule has 4 nitrogen and oxygen atoms in total. The predicted molar refractivity (Wildman–Crippen MR) is 56.3 cm³/mol. The Morgan fingerprint density at radius 3 is 2.47 bits per heavy atom. The first-order valence-electron chi connectivity index (χ1n) is 5.28. The quantitative estimate of drug-likeness (QED) is 0.752. The fourth-order valence-corrected chi connectivity index (χ4v) is 2.30. The second kappa shape index (κ2) is 4.06. The van der Waals surface area contributed by atoms with E-state index in [0.717, 1.165) is 25.7 Å². The third-order valence-corrected chi connectivity index (χ3v) is 3.26. The zero-order valence-corrected chi connectivity index (χ0v) is 8.65. The first-order valence-corrected chi connectivity index (χ1v) is 5.28. The largest absolute Gasteiger partial charge is 0.329 e. The van der Waals surface area contributed by atoms with Crippen LogP contribution in [0.1, 0.15) is 36.0 Å². The zero-order valence-electron chi connectivity index (χ0n) is 8.65. The molecule has 0 aromatic carbocycles. The van der Waals surface area contributed by atoms with Crippen LogP contribution in [0.25, 0.3) is 0 Å². The van der Waals surface area contributed by atoms with Crippen LogP contribution in [0.2, 0.25) is 0 Å². The number of aromatic nitrogens is 2. The van der Waals surface area contributed by atoms with Gasteiger partial charge in [0.1, 0.15) is 6.33 Å². The summed E-state index contributed by atoms with van der Waals surface area (Å²) in [4.78, 5) is 20.0. The maximum Gasteiger partial charge on any atom is 0.173 e. The minimum atomic E-state index is -0.343. The average molecular weight is 205 g/mol. The van der Waals surface area contributed by atoms with Gasteiger partial charge in [-0.3, -0.25) is 4.79 Å². The zero-order chi connectivity index (χ0) is 10.7. The molecule has 2 N–H and O–H groups in total. The third kappa shape index (κ3) is 1.77. The summed E-state index contributed by atoms with van der Waals surface area (Å²) in [6.07, 6.45) is 8.57. The Balaban J connectivity index is 2.27. The minimum Gasteiger partial charge on any atom is -0.329 e. The van der Waals surface area contributed by atoms with E-state index >= 15 is 0 Å². The molecule has 0 atom stereocenters. The van der Waals surface area contributed by atoms with Crippen LogP contribution in [0.3, 0.4) is 0 Å². The Labute approximate surface area is 88.9 Å². The lowest BCUT2D eigenvalue weighted by Gasteiger charge is -2.24. The van der Waals surface area contributed by atoms with Crippen molar-refractivity contribution >= 4 is 5.78 Å². The van der Waals surface area contributed by atoms with Gasteiger partial charge in [-0.15, -0.1) is 0 Å². The van der Waals surface area contributed by atoms with E-state index in [1.165, 1.54) is 6.33 Å². The molecule has 1 aliphatic carbocycles. The van der Waals surface area contributed by atoms with Crippen LogP contribution in [0, 0.1) is 5.41 Å². The number of hydrogen-bond donors (Lipinski definition) is 1. The van der Waals surface area contributed by atoms with Crippen molar-refractivity contribution in [3.63, 3.8) is 0 Å². The highest BCUT2D eigenvalue weighted by atomic mass is 16.1. The molecule has 15 heavy (non-hydrogen) atoms. The van der Waals surface area contributed by atoms with Crippen LogP contribution in [0.4, 0.5) is 0 Å². The standard InChI is InChI=1S/C11H15N3O/c12-7-11(3-1-2-4-11)10(15)9-5-13-8-14-6-9/h5-6,8H,1-4,7,12H2. The Bertz CT molecular complexity index is 344. The molecule has 0 radical (unpaired) electrons. The Morgan fingerprint density at radius 2 is 1.93 bits per heavy atom. The number of Topliss-reactive ketones (excluding diaryl/α,β-unsaturated/α-hetero) is 1. The van der Waals surface area contributed by atoms with Gasteiger partial charge in [-0.05, 0) is 12.8 Å². The van der Waals surface area contributed by atoms with Crippen molar-refractivity contribution in [3.05, 3.63) is 24.3 Å². The predicted octanol–water partition coefficient (Wildman–Crippen LogP) is 1.18. The van der Waals surface area contributed by atoms with Gasteiger partial charge in [-0.2, -0.15) is 0 Å². The van der Waals surface area contributed by atoms with Gasteiger partial charge in [0.2, 0.25) is 0 Å². The first-order chi connectivity index (χ1) is 7.28. The Kier molecular flexibility index (Phi) is 2.77. The molecule has 0 amide bonds. The summed E-state index contributed by atoms with van der Waals surface area (Å²) in [6.45, 7) is 0.431. The highest BCUT2D eigenvalue weighted by Crippen LogP contribution is 2.39. The molecule has 1 saturated carbocycles. The number of ketones is 1. The van der Waals surface area contributed by atoms with Gasteiger partial charge in [0.25, 0.3) is 0 Å². The third-order valence-electron chi connectivity index (χ3n) is 3.26. The second-order valence-corrected chi connectivity index (χ2v) is 4.15. The summed E-state index contributed by atoms with van der Waals surface area (Å²) >= 11 is 0. The summed E-state index contributed by atoms with van der Waals surface area (Å²) in [5.74, 6) is 0.114. The maximum atomic E-state index is 12.2. The molecule has 1 aliphatic rings. The van der Waals surface area contributed by atoms with Crippen molar-refractivity contribution in [1.29, 1.82) is 0 Å². The van der Waals surface area contributed by atoms with Gasteiger partial charge in [0, 0.05) is 24.4 Å². The van der Waals surface area contributed by atoms with E-state index in [1.54, 1.807) is 12.4 Å². The molecule has 0 unspecified atom stereocenters. The first kappa shape index (κ1) is 10.2. The SMILES string of the molecule is NCC1(C(=O)c2cncnc2)CCCC1. The van der Waals surface area contributed by atoms with Gasteiger partial charge in [-0.25, -0.2) is 9.97 Å². The van der Waals surface area contributed by atoms with Crippen LogP contribution < -0.4 is 5.73 Å². The van der Waals surface area contributed by atoms with E-state index in [4.69, 9.17) is 5.73 Å². The minimum absolute atomic E-state index is 0.114. The monoisotopic (exact) mass is 205 g/mol. The molecule has 1 aromatic heterocycles. The lowest BCUT2D eigenvalue weighted by Crippen LogP contribution is -2.36. The van der Waals surface area contributed by atoms with Crippen molar-refractivity contribution in [3.8, 4) is 0 Å². The van der Waals surface area contributed by atoms with Crippen LogP contribution >= 0.6 is 0 Å². The average Bonchev–Trinajstić information content (AvgIpc) is 2.79. The molecular formula is C11H15N3O. The topological polar surface area (TPSA) is 68.9 Å². The molecule has 1 aromatic rings. The molecule has 0 aliphatic heterocycles. The lowest BCUT2D eigenvalue weighted by molar-refractivity contribution is 0.0809. The van der Waals surface area contributed by atoms with Crippen molar-refractivity contribution in [1.82, 2.24) is 9.97 Å². The van der Waals surface area contributed by atoms with E-state index in [-0.39, 0.29) is 11.2 Å². The molecule has 4 heteroatoms. The molecule has 2 rings (SSSR count). The summed E-state index contributed by atoms with van der Waals surface area (Å²) in [6, 6.07) is 0. The summed E-state index contributed by atoms with van der Waals surface area (Å²) < 4.78 is 0. The number of nitrogens with zero attached hydrogens (tertiary/aromatic N) is 2. The molecule has 0 bridgehead atoms. The van der Waals surface area contributed by atoms with Crippen molar-refractivity contribution in [2.45, 2.75) is 25.7 Å². The van der Waals surface area contributed by atoms with Gasteiger partial charge < -0.3 is 5.73 Å². The number of nitrogens with two attached hydrogens (primary N) is 1. The van der Waals surface area contributed by atoms with E-state index in [2.05, 4.69) is 9.97 Å². The molecule has 1 fully saturated rings.